The van der Waals surface area contributed by atoms with Crippen molar-refractivity contribution in [3.63, 3.8) is 0 Å². The number of aryl methyl sites for hydroxylation is 1. The average molecular weight is 565 g/mol. The first-order valence-corrected chi connectivity index (χ1v) is 13.2. The quantitative estimate of drug-likeness (QED) is 0.326. The second-order valence-electron chi connectivity index (χ2n) is 8.26. The lowest BCUT2D eigenvalue weighted by Crippen LogP contribution is -2.40. The van der Waals surface area contributed by atoms with Crippen LogP contribution in [0.25, 0.3) is 11.1 Å². The van der Waals surface area contributed by atoms with Gasteiger partial charge in [-0.15, -0.1) is 11.3 Å². The number of hydrogen-bond donors (Lipinski definition) is 0. The molecule has 36 heavy (non-hydrogen) atoms. The molecule has 1 saturated heterocycles. The van der Waals surface area contributed by atoms with E-state index in [0.717, 1.165) is 12.1 Å². The molecule has 3 aromatic rings. The molecule has 192 valence electrons. The molecule has 4 rings (SSSR count). The van der Waals surface area contributed by atoms with Gasteiger partial charge in [0.05, 0.1) is 22.5 Å². The topological polar surface area (TPSA) is 67.3 Å². The largest absolute Gasteiger partial charge is 0.416 e. The third-order valence-electron chi connectivity index (χ3n) is 5.70. The fraction of sp³-hybridized carbons (Fsp3) is 0.304. The number of ketones is 1. The highest BCUT2D eigenvalue weighted by molar-refractivity contribution is 7.91. The minimum atomic E-state index is -4.46. The number of sulfonamides is 1. The highest BCUT2D eigenvalue weighted by atomic mass is 35.5. The van der Waals surface area contributed by atoms with E-state index >= 15 is 0 Å². The van der Waals surface area contributed by atoms with Gasteiger partial charge in [-0.3, -0.25) is 9.78 Å². The van der Waals surface area contributed by atoms with Crippen LogP contribution in [0.4, 0.5) is 22.0 Å². The number of carbonyl (C=O) groups excluding carboxylic acids is 1. The maximum Gasteiger partial charge on any atom is 0.416 e. The number of Topliss-reactive ketones (excluding diaryl/α,β-unsaturated/α-hetero) is 1. The molecular formula is C23H18ClF5N2O3S2. The van der Waals surface area contributed by atoms with Crippen molar-refractivity contribution in [3.8, 4) is 11.1 Å². The van der Waals surface area contributed by atoms with E-state index in [0.29, 0.717) is 32.5 Å². The molecule has 0 bridgehead atoms. The third kappa shape index (κ3) is 5.77. The SMILES string of the molecule is O=C(CCc1cc(-c2ccc(C(F)(F)F)cc2)ccn1)[C@@H]1CC(F)(F)CN1S(=O)(=O)c1ccc(Cl)s1. The van der Waals surface area contributed by atoms with Gasteiger partial charge in [-0.2, -0.15) is 17.5 Å². The fourth-order valence-electron chi connectivity index (χ4n) is 3.93. The molecule has 0 aliphatic carbocycles. The number of halogens is 6. The number of benzene rings is 1. The predicted octanol–water partition coefficient (Wildman–Crippen LogP) is 6.08. The Kier molecular flexibility index (Phi) is 7.26. The molecule has 0 unspecified atom stereocenters. The summed E-state index contributed by atoms with van der Waals surface area (Å²) < 4.78 is 93.1. The Morgan fingerprint density at radius 1 is 1.11 bits per heavy atom. The third-order valence-corrected chi connectivity index (χ3v) is 9.25. The van der Waals surface area contributed by atoms with E-state index < -0.39 is 52.5 Å². The summed E-state index contributed by atoms with van der Waals surface area (Å²) in [6, 6.07) is 8.71. The number of nitrogens with zero attached hydrogens (tertiary/aromatic N) is 2. The summed E-state index contributed by atoms with van der Waals surface area (Å²) in [6.07, 6.45) is -4.18. The maximum atomic E-state index is 14.2. The molecule has 1 aliphatic heterocycles. The van der Waals surface area contributed by atoms with E-state index in [4.69, 9.17) is 11.6 Å². The molecular weight excluding hydrogens is 547 g/mol. The van der Waals surface area contributed by atoms with Crippen LogP contribution in [0.3, 0.4) is 0 Å². The Hall–Kier alpha value is -2.41. The lowest BCUT2D eigenvalue weighted by atomic mass is 10.0. The van der Waals surface area contributed by atoms with Gasteiger partial charge in [-0.25, -0.2) is 17.2 Å². The van der Waals surface area contributed by atoms with Crippen molar-refractivity contribution >= 4 is 38.7 Å². The van der Waals surface area contributed by atoms with Crippen molar-refractivity contribution in [2.24, 2.45) is 0 Å². The van der Waals surface area contributed by atoms with E-state index in [9.17, 15) is 35.2 Å². The molecule has 1 aliphatic rings. The zero-order valence-corrected chi connectivity index (χ0v) is 20.7. The Labute approximate surface area is 212 Å². The first kappa shape index (κ1) is 26.6. The number of aromatic nitrogens is 1. The molecule has 1 atom stereocenters. The van der Waals surface area contributed by atoms with Gasteiger partial charge in [0.15, 0.2) is 5.78 Å². The first-order chi connectivity index (χ1) is 16.8. The minimum Gasteiger partial charge on any atom is -0.298 e. The van der Waals surface area contributed by atoms with Crippen molar-refractivity contribution in [3.05, 3.63) is 70.3 Å². The van der Waals surface area contributed by atoms with Crippen LogP contribution < -0.4 is 0 Å². The molecule has 5 nitrogen and oxygen atoms in total. The summed E-state index contributed by atoms with van der Waals surface area (Å²) in [5, 5.41) is 0. The lowest BCUT2D eigenvalue weighted by molar-refractivity contribution is -0.137. The van der Waals surface area contributed by atoms with Crippen LogP contribution in [0, 0.1) is 0 Å². The fourth-order valence-corrected chi connectivity index (χ4v) is 7.18. The zero-order valence-electron chi connectivity index (χ0n) is 18.3. The maximum absolute atomic E-state index is 14.2. The molecule has 0 radical (unpaired) electrons. The molecule has 0 amide bonds. The Balaban J connectivity index is 1.49. The molecule has 13 heteroatoms. The molecule has 0 N–H and O–H groups in total. The Morgan fingerprint density at radius 3 is 2.42 bits per heavy atom. The minimum absolute atomic E-state index is 0.0358. The number of rotatable bonds is 7. The predicted molar refractivity (Wildman–Crippen MR) is 125 cm³/mol. The van der Waals surface area contributed by atoms with Gasteiger partial charge in [0.2, 0.25) is 0 Å². The number of carbonyl (C=O) groups is 1. The summed E-state index contributed by atoms with van der Waals surface area (Å²) >= 11 is 6.51. The van der Waals surface area contributed by atoms with Gasteiger partial charge in [0.25, 0.3) is 15.9 Å². The van der Waals surface area contributed by atoms with Gasteiger partial charge in [-0.1, -0.05) is 23.7 Å². The van der Waals surface area contributed by atoms with Gasteiger partial charge in [0, 0.05) is 24.7 Å². The lowest BCUT2D eigenvalue weighted by Gasteiger charge is -2.21. The number of thiophene rings is 1. The van der Waals surface area contributed by atoms with E-state index in [1.54, 1.807) is 12.1 Å². The molecule has 0 spiro atoms. The molecule has 1 aromatic carbocycles. The van der Waals surface area contributed by atoms with E-state index in [1.165, 1.54) is 30.5 Å². The van der Waals surface area contributed by atoms with Crippen molar-refractivity contribution in [1.82, 2.24) is 9.29 Å². The summed E-state index contributed by atoms with van der Waals surface area (Å²) in [6.45, 7) is -1.11. The van der Waals surface area contributed by atoms with Crippen LogP contribution >= 0.6 is 22.9 Å². The monoisotopic (exact) mass is 564 g/mol. The Morgan fingerprint density at radius 2 is 1.81 bits per heavy atom. The van der Waals surface area contributed by atoms with E-state index in [-0.39, 0.29) is 21.4 Å². The number of pyridine rings is 1. The van der Waals surface area contributed by atoms with Crippen molar-refractivity contribution in [1.29, 1.82) is 0 Å². The highest BCUT2D eigenvalue weighted by Gasteiger charge is 2.52. The summed E-state index contributed by atoms with van der Waals surface area (Å²) in [7, 11) is -4.35. The van der Waals surface area contributed by atoms with Crippen LogP contribution in [0.2, 0.25) is 4.34 Å². The summed E-state index contributed by atoms with van der Waals surface area (Å²) in [5.41, 5.74) is 0.682. The van der Waals surface area contributed by atoms with Crippen LogP contribution in [0.5, 0.6) is 0 Å². The summed E-state index contributed by atoms with van der Waals surface area (Å²) in [5.74, 6) is -4.05. The Bertz CT molecular complexity index is 1370. The van der Waals surface area contributed by atoms with E-state index in [2.05, 4.69) is 4.98 Å². The van der Waals surface area contributed by atoms with Crippen LogP contribution in [0.1, 0.15) is 24.1 Å². The number of alkyl halides is 5. The van der Waals surface area contributed by atoms with Crippen LogP contribution in [-0.4, -0.2) is 42.0 Å². The molecule has 2 aromatic heterocycles. The zero-order chi connectivity index (χ0) is 26.3. The van der Waals surface area contributed by atoms with Crippen molar-refractivity contribution in [2.45, 2.75) is 41.6 Å². The van der Waals surface area contributed by atoms with Crippen LogP contribution in [0.15, 0.2) is 58.9 Å². The van der Waals surface area contributed by atoms with Gasteiger partial charge in [0.1, 0.15) is 4.21 Å². The van der Waals surface area contributed by atoms with E-state index in [1.807, 2.05) is 0 Å². The molecule has 3 heterocycles. The average Bonchev–Trinajstić information content (AvgIpc) is 3.40. The second-order valence-corrected chi connectivity index (χ2v) is 12.1. The molecule has 0 saturated carbocycles. The van der Waals surface area contributed by atoms with Gasteiger partial charge < -0.3 is 0 Å². The van der Waals surface area contributed by atoms with Crippen molar-refractivity contribution in [2.75, 3.05) is 6.54 Å². The van der Waals surface area contributed by atoms with Gasteiger partial charge in [-0.05, 0) is 53.9 Å². The first-order valence-electron chi connectivity index (χ1n) is 10.6. The normalized spacial score (nSPS) is 18.4. The number of hydrogen-bond acceptors (Lipinski definition) is 5. The second kappa shape index (κ2) is 9.81. The standard InChI is InChI=1S/C23H18ClF5N2O3S2/c24-20-7-8-21(35-20)36(33,34)31-13-22(25,26)12-18(31)19(32)6-5-17-11-15(9-10-30-17)14-1-3-16(4-2-14)23(27,28)29/h1-4,7-11,18H,5-6,12-13H2/t18-/m0/s1. The highest BCUT2D eigenvalue weighted by Crippen LogP contribution is 2.39. The van der Waals surface area contributed by atoms with Gasteiger partial charge >= 0.3 is 6.18 Å². The van der Waals surface area contributed by atoms with Crippen LogP contribution in [-0.2, 0) is 27.4 Å². The summed E-state index contributed by atoms with van der Waals surface area (Å²) in [4.78, 5) is 17.0. The smallest absolute Gasteiger partial charge is 0.298 e. The van der Waals surface area contributed by atoms with Crippen molar-refractivity contribution < 1.29 is 35.2 Å². The molecule has 1 fully saturated rings.